The van der Waals surface area contributed by atoms with Gasteiger partial charge in [-0.2, -0.15) is 0 Å². The van der Waals surface area contributed by atoms with Crippen molar-refractivity contribution in [2.75, 3.05) is 18.8 Å². The van der Waals surface area contributed by atoms with Crippen LogP contribution in [0.4, 0.5) is 0 Å². The van der Waals surface area contributed by atoms with E-state index in [1.165, 1.54) is 12.8 Å². The summed E-state index contributed by atoms with van der Waals surface area (Å²) in [6.07, 6.45) is 9.03. The molecule has 3 nitrogen and oxygen atoms in total. The van der Waals surface area contributed by atoms with Gasteiger partial charge in [-0.1, -0.05) is 12.2 Å². The first kappa shape index (κ1) is 11.7. The van der Waals surface area contributed by atoms with E-state index < -0.39 is 9.84 Å². The maximum Gasteiger partial charge on any atom is 0.154 e. The van der Waals surface area contributed by atoms with Crippen LogP contribution in [-0.2, 0) is 9.84 Å². The first-order chi connectivity index (χ1) is 8.15. The molecule has 17 heavy (non-hydrogen) atoms. The van der Waals surface area contributed by atoms with Gasteiger partial charge in [-0.15, -0.1) is 0 Å². The van der Waals surface area contributed by atoms with Crippen LogP contribution >= 0.6 is 0 Å². The number of fused-ring (bicyclic) bond motifs is 2. The normalized spacial score (nSPS) is 42.4. The summed E-state index contributed by atoms with van der Waals surface area (Å²) in [5.41, 5.74) is 0. The van der Waals surface area contributed by atoms with E-state index in [9.17, 15) is 8.42 Å². The van der Waals surface area contributed by atoms with Crippen LogP contribution in [-0.4, -0.2) is 32.5 Å². The van der Waals surface area contributed by atoms with Crippen LogP contribution in [0.3, 0.4) is 0 Å². The van der Waals surface area contributed by atoms with E-state index in [1.54, 1.807) is 0 Å². The second kappa shape index (κ2) is 4.39. The van der Waals surface area contributed by atoms with Crippen LogP contribution in [0.1, 0.15) is 25.7 Å². The maximum absolute atomic E-state index is 11.7. The summed E-state index contributed by atoms with van der Waals surface area (Å²) in [6.45, 7) is 1.66. The Morgan fingerprint density at radius 2 is 2.06 bits per heavy atom. The topological polar surface area (TPSA) is 46.2 Å². The Morgan fingerprint density at radius 1 is 1.18 bits per heavy atom. The van der Waals surface area contributed by atoms with Crippen molar-refractivity contribution < 1.29 is 8.42 Å². The molecule has 0 amide bonds. The summed E-state index contributed by atoms with van der Waals surface area (Å²) in [7, 11) is -2.77. The fourth-order valence-electron chi connectivity index (χ4n) is 3.65. The number of sulfone groups is 1. The van der Waals surface area contributed by atoms with Crippen LogP contribution in [0.5, 0.6) is 0 Å². The second-order valence-electron chi connectivity index (χ2n) is 5.83. The molecule has 3 rings (SSSR count). The van der Waals surface area contributed by atoms with Crippen molar-refractivity contribution in [3.63, 3.8) is 0 Å². The van der Waals surface area contributed by atoms with Gasteiger partial charge in [0.2, 0.25) is 0 Å². The number of hydrogen-bond acceptors (Lipinski definition) is 3. The lowest BCUT2D eigenvalue weighted by Gasteiger charge is -2.19. The fraction of sp³-hybridized carbons (Fsp3) is 0.846. The third kappa shape index (κ3) is 2.29. The Hall–Kier alpha value is -0.350. The molecule has 1 saturated carbocycles. The Morgan fingerprint density at radius 3 is 2.65 bits per heavy atom. The number of allylic oxidation sites excluding steroid dienone is 2. The molecule has 0 radical (unpaired) electrons. The number of rotatable bonds is 4. The van der Waals surface area contributed by atoms with Crippen molar-refractivity contribution in [2.45, 2.75) is 30.9 Å². The third-order valence-electron chi connectivity index (χ3n) is 4.66. The highest BCUT2D eigenvalue weighted by Crippen LogP contribution is 2.42. The van der Waals surface area contributed by atoms with Gasteiger partial charge in [-0.25, -0.2) is 8.42 Å². The molecular formula is C13H21NO2S. The third-order valence-corrected chi connectivity index (χ3v) is 6.93. The van der Waals surface area contributed by atoms with Gasteiger partial charge in [0, 0.05) is 6.54 Å². The van der Waals surface area contributed by atoms with Crippen molar-refractivity contribution >= 4 is 9.84 Å². The molecule has 0 aromatic heterocycles. The number of hydrogen-bond donors (Lipinski definition) is 1. The maximum atomic E-state index is 11.7. The van der Waals surface area contributed by atoms with Gasteiger partial charge in [0.15, 0.2) is 9.84 Å². The van der Waals surface area contributed by atoms with Crippen molar-refractivity contribution in [2.24, 2.45) is 17.8 Å². The molecule has 1 saturated heterocycles. The minimum Gasteiger partial charge on any atom is -0.315 e. The van der Waals surface area contributed by atoms with Crippen LogP contribution in [0.25, 0.3) is 0 Å². The predicted molar refractivity (Wildman–Crippen MR) is 68.5 cm³/mol. The molecule has 0 unspecified atom stereocenters. The average Bonchev–Trinajstić information content (AvgIpc) is 2.94. The van der Waals surface area contributed by atoms with E-state index in [-0.39, 0.29) is 5.25 Å². The molecule has 96 valence electrons. The van der Waals surface area contributed by atoms with E-state index in [0.29, 0.717) is 12.3 Å². The molecule has 0 aromatic carbocycles. The van der Waals surface area contributed by atoms with Crippen LogP contribution in [0.15, 0.2) is 12.2 Å². The molecule has 2 aliphatic carbocycles. The van der Waals surface area contributed by atoms with E-state index in [2.05, 4.69) is 17.5 Å². The second-order valence-corrected chi connectivity index (χ2v) is 8.23. The minimum atomic E-state index is -2.77. The molecule has 1 heterocycles. The van der Waals surface area contributed by atoms with Crippen LogP contribution in [0, 0.1) is 17.8 Å². The Balaban J connectivity index is 1.45. The Bertz CT molecular complexity index is 415. The molecule has 0 aromatic rings. The molecule has 2 bridgehead atoms. The van der Waals surface area contributed by atoms with Gasteiger partial charge in [-0.3, -0.25) is 0 Å². The molecule has 3 aliphatic rings. The fourth-order valence-corrected chi connectivity index (χ4v) is 5.45. The summed E-state index contributed by atoms with van der Waals surface area (Å²) < 4.78 is 23.3. The zero-order valence-corrected chi connectivity index (χ0v) is 11.0. The molecule has 1 N–H and O–H groups in total. The summed E-state index contributed by atoms with van der Waals surface area (Å²) >= 11 is 0. The minimum absolute atomic E-state index is 0.114. The highest BCUT2D eigenvalue weighted by molar-refractivity contribution is 7.92. The molecule has 0 spiro atoms. The van der Waals surface area contributed by atoms with Gasteiger partial charge in [-0.05, 0) is 50.0 Å². The first-order valence-electron chi connectivity index (χ1n) is 6.76. The lowest BCUT2D eigenvalue weighted by atomic mass is 9.93. The van der Waals surface area contributed by atoms with Gasteiger partial charge in [0.25, 0.3) is 0 Å². The molecule has 1 aliphatic heterocycles. The zero-order valence-electron chi connectivity index (χ0n) is 10.1. The van der Waals surface area contributed by atoms with Crippen molar-refractivity contribution in [1.29, 1.82) is 0 Å². The van der Waals surface area contributed by atoms with E-state index in [4.69, 9.17) is 0 Å². The van der Waals surface area contributed by atoms with E-state index in [1.807, 2.05) is 0 Å². The van der Waals surface area contributed by atoms with Gasteiger partial charge >= 0.3 is 0 Å². The molecule has 2 fully saturated rings. The average molecular weight is 255 g/mol. The quantitative estimate of drug-likeness (QED) is 0.772. The summed E-state index contributed by atoms with van der Waals surface area (Å²) in [5, 5.41) is 3.28. The standard InChI is InChI=1S/C13H21NO2S/c15-17(16)5-1-2-13(17)9-14-8-12-7-10-3-4-11(12)6-10/h3-4,10-14H,1-2,5-9H2/t10-,11-,12-,13+/m0/s1. The van der Waals surface area contributed by atoms with Crippen LogP contribution in [0.2, 0.25) is 0 Å². The molecular weight excluding hydrogens is 234 g/mol. The summed E-state index contributed by atoms with van der Waals surface area (Å²) in [6, 6.07) is 0. The lowest BCUT2D eigenvalue weighted by Crippen LogP contribution is -2.34. The first-order valence-corrected chi connectivity index (χ1v) is 8.47. The largest absolute Gasteiger partial charge is 0.315 e. The van der Waals surface area contributed by atoms with Gasteiger partial charge in [0.1, 0.15) is 0 Å². The molecule has 4 heteroatoms. The smallest absolute Gasteiger partial charge is 0.154 e. The zero-order chi connectivity index (χ0) is 11.9. The monoisotopic (exact) mass is 255 g/mol. The van der Waals surface area contributed by atoms with Gasteiger partial charge in [0.05, 0.1) is 11.0 Å². The lowest BCUT2D eigenvalue weighted by molar-refractivity contribution is 0.413. The van der Waals surface area contributed by atoms with Crippen molar-refractivity contribution in [3.05, 3.63) is 12.2 Å². The SMILES string of the molecule is O=S1(=O)CCC[C@@H]1CNC[C@@H]1C[C@H]2C=C[C@H]1C2. The van der Waals surface area contributed by atoms with Crippen molar-refractivity contribution in [3.8, 4) is 0 Å². The van der Waals surface area contributed by atoms with Crippen LogP contribution < -0.4 is 5.32 Å². The summed E-state index contributed by atoms with van der Waals surface area (Å²) in [4.78, 5) is 0. The highest BCUT2D eigenvalue weighted by Gasteiger charge is 2.36. The Labute approximate surface area is 104 Å². The molecule has 4 atom stereocenters. The predicted octanol–water partition coefficient (Wildman–Crippen LogP) is 1.37. The van der Waals surface area contributed by atoms with Crippen molar-refractivity contribution in [1.82, 2.24) is 5.32 Å². The van der Waals surface area contributed by atoms with E-state index in [0.717, 1.165) is 37.1 Å². The van der Waals surface area contributed by atoms with E-state index >= 15 is 0 Å². The van der Waals surface area contributed by atoms with Gasteiger partial charge < -0.3 is 5.32 Å². The summed E-state index contributed by atoms with van der Waals surface area (Å²) in [5.74, 6) is 2.71. The highest BCUT2D eigenvalue weighted by atomic mass is 32.2. The Kier molecular flexibility index (Phi) is 3.03. The number of nitrogens with one attached hydrogen (secondary N) is 1.